The van der Waals surface area contributed by atoms with Gasteiger partial charge in [-0.3, -0.25) is 4.79 Å². The number of rotatable bonds is 9. The summed E-state index contributed by atoms with van der Waals surface area (Å²) >= 11 is 0. The largest absolute Gasteiger partial charge is 0.492 e. The van der Waals surface area contributed by atoms with E-state index in [1.54, 1.807) is 0 Å². The fraction of sp³-hybridized carbons (Fsp3) is 0.316. The van der Waals surface area contributed by atoms with E-state index in [1.165, 1.54) is 7.11 Å². The third-order valence-corrected chi connectivity index (χ3v) is 3.57. The Bertz CT molecular complexity index is 613. The molecular weight excluding hydrogens is 306 g/mol. The zero-order valence-electron chi connectivity index (χ0n) is 13.8. The second-order valence-corrected chi connectivity index (χ2v) is 5.38. The molecule has 0 aromatic heterocycles. The molecule has 0 aliphatic rings. The van der Waals surface area contributed by atoms with Gasteiger partial charge in [0.1, 0.15) is 12.4 Å². The van der Waals surface area contributed by atoms with Gasteiger partial charge in [-0.15, -0.1) is 0 Å². The van der Waals surface area contributed by atoms with Crippen LogP contribution in [-0.2, 0) is 16.0 Å². The maximum Gasteiger partial charge on any atom is 0.309 e. The molecule has 5 nitrogen and oxygen atoms in total. The molecule has 1 unspecified atom stereocenters. The number of hydrogen-bond donors (Lipinski definition) is 2. The first-order valence-electron chi connectivity index (χ1n) is 7.91. The Labute approximate surface area is 142 Å². The number of carbonyl (C=O) groups excluding carboxylic acids is 1. The summed E-state index contributed by atoms with van der Waals surface area (Å²) in [5.74, 6) is 0.485. The maximum atomic E-state index is 11.2. The van der Waals surface area contributed by atoms with Crippen LogP contribution in [0.5, 0.6) is 5.75 Å². The summed E-state index contributed by atoms with van der Waals surface area (Å²) in [4.78, 5) is 11.2. The molecule has 128 valence electrons. The highest BCUT2D eigenvalue weighted by molar-refractivity contribution is 5.72. The van der Waals surface area contributed by atoms with Gasteiger partial charge in [0.05, 0.1) is 19.6 Å². The van der Waals surface area contributed by atoms with E-state index < -0.39 is 6.10 Å². The average molecular weight is 329 g/mol. The molecule has 0 heterocycles. The summed E-state index contributed by atoms with van der Waals surface area (Å²) in [6, 6.07) is 16.9. The SMILES string of the molecule is COC(=O)Cc1ccc(OCCNCC(O)c2ccccc2)cc1. The molecule has 0 saturated carbocycles. The minimum atomic E-state index is -0.524. The molecule has 0 bridgehead atoms. The summed E-state index contributed by atoms with van der Waals surface area (Å²) < 4.78 is 10.2. The molecule has 24 heavy (non-hydrogen) atoms. The first-order chi connectivity index (χ1) is 11.7. The van der Waals surface area contributed by atoms with E-state index in [9.17, 15) is 9.90 Å². The van der Waals surface area contributed by atoms with E-state index in [1.807, 2.05) is 54.6 Å². The van der Waals surface area contributed by atoms with Gasteiger partial charge >= 0.3 is 5.97 Å². The van der Waals surface area contributed by atoms with Gasteiger partial charge in [-0.05, 0) is 23.3 Å². The van der Waals surface area contributed by atoms with Gasteiger partial charge in [0.2, 0.25) is 0 Å². The second-order valence-electron chi connectivity index (χ2n) is 5.38. The fourth-order valence-corrected chi connectivity index (χ4v) is 2.22. The number of aliphatic hydroxyl groups is 1. The van der Waals surface area contributed by atoms with Crippen molar-refractivity contribution in [2.45, 2.75) is 12.5 Å². The summed E-state index contributed by atoms with van der Waals surface area (Å²) in [5.41, 5.74) is 1.78. The summed E-state index contributed by atoms with van der Waals surface area (Å²) in [5, 5.41) is 13.2. The summed E-state index contributed by atoms with van der Waals surface area (Å²) in [7, 11) is 1.38. The van der Waals surface area contributed by atoms with Crippen LogP contribution >= 0.6 is 0 Å². The standard InChI is InChI=1S/C19H23NO4/c1-23-19(22)13-15-7-9-17(10-8-15)24-12-11-20-14-18(21)16-5-3-2-4-6-16/h2-10,18,20-21H,11-14H2,1H3. The summed E-state index contributed by atoms with van der Waals surface area (Å²) in [6.45, 7) is 1.61. The van der Waals surface area contributed by atoms with Crippen LogP contribution in [0.4, 0.5) is 0 Å². The minimum absolute atomic E-state index is 0.259. The Kier molecular flexibility index (Phi) is 7.26. The van der Waals surface area contributed by atoms with Crippen molar-refractivity contribution in [2.75, 3.05) is 26.8 Å². The lowest BCUT2D eigenvalue weighted by Gasteiger charge is -2.12. The van der Waals surface area contributed by atoms with Crippen LogP contribution in [0.3, 0.4) is 0 Å². The lowest BCUT2D eigenvalue weighted by atomic mass is 10.1. The lowest BCUT2D eigenvalue weighted by Crippen LogP contribution is -2.26. The molecule has 5 heteroatoms. The predicted molar refractivity (Wildman–Crippen MR) is 91.9 cm³/mol. The molecule has 1 atom stereocenters. The molecule has 0 spiro atoms. The fourth-order valence-electron chi connectivity index (χ4n) is 2.22. The topological polar surface area (TPSA) is 67.8 Å². The molecular formula is C19H23NO4. The molecule has 0 saturated heterocycles. The zero-order valence-corrected chi connectivity index (χ0v) is 13.8. The van der Waals surface area contributed by atoms with Crippen LogP contribution in [0, 0.1) is 0 Å². The molecule has 2 N–H and O–H groups in total. The van der Waals surface area contributed by atoms with Crippen molar-refractivity contribution in [3.63, 3.8) is 0 Å². The number of methoxy groups -OCH3 is 1. The molecule has 2 aromatic rings. The van der Waals surface area contributed by atoms with Crippen LogP contribution in [0.15, 0.2) is 54.6 Å². The van der Waals surface area contributed by atoms with Gasteiger partial charge < -0.3 is 19.9 Å². The number of carbonyl (C=O) groups is 1. The van der Waals surface area contributed by atoms with Gasteiger partial charge in [-0.1, -0.05) is 42.5 Å². The predicted octanol–water partition coefficient (Wildman–Crippen LogP) is 2.10. The van der Waals surface area contributed by atoms with Crippen molar-refractivity contribution in [1.82, 2.24) is 5.32 Å². The van der Waals surface area contributed by atoms with Crippen LogP contribution in [0.1, 0.15) is 17.2 Å². The van der Waals surface area contributed by atoms with Crippen LogP contribution in [0.2, 0.25) is 0 Å². The summed E-state index contributed by atoms with van der Waals surface area (Å²) in [6.07, 6.45) is -0.265. The van der Waals surface area contributed by atoms with Gasteiger partial charge in [-0.25, -0.2) is 0 Å². The number of esters is 1. The maximum absolute atomic E-state index is 11.2. The number of benzene rings is 2. The van der Waals surface area contributed by atoms with Gasteiger partial charge in [0, 0.05) is 13.1 Å². The lowest BCUT2D eigenvalue weighted by molar-refractivity contribution is -0.139. The van der Waals surface area contributed by atoms with Crippen LogP contribution < -0.4 is 10.1 Å². The first kappa shape index (κ1) is 18.0. The van der Waals surface area contributed by atoms with E-state index in [2.05, 4.69) is 10.1 Å². The van der Waals surface area contributed by atoms with Crippen molar-refractivity contribution >= 4 is 5.97 Å². The molecule has 0 amide bonds. The van der Waals surface area contributed by atoms with Crippen LogP contribution in [-0.4, -0.2) is 37.9 Å². The van der Waals surface area contributed by atoms with Crippen molar-refractivity contribution in [1.29, 1.82) is 0 Å². The normalized spacial score (nSPS) is 11.8. The number of nitrogens with one attached hydrogen (secondary N) is 1. The third kappa shape index (κ3) is 6.02. The van der Waals surface area contributed by atoms with Gasteiger partial charge in [0.25, 0.3) is 0 Å². The highest BCUT2D eigenvalue weighted by Gasteiger charge is 2.06. The number of ether oxygens (including phenoxy) is 2. The Morgan fingerprint density at radius 2 is 1.83 bits per heavy atom. The number of hydrogen-bond acceptors (Lipinski definition) is 5. The molecule has 0 aliphatic carbocycles. The smallest absolute Gasteiger partial charge is 0.309 e. The Hall–Kier alpha value is -2.37. The van der Waals surface area contributed by atoms with E-state index >= 15 is 0 Å². The Morgan fingerprint density at radius 1 is 1.12 bits per heavy atom. The highest BCUT2D eigenvalue weighted by atomic mass is 16.5. The second kappa shape index (κ2) is 9.70. The quantitative estimate of drug-likeness (QED) is 0.545. The first-order valence-corrected chi connectivity index (χ1v) is 7.91. The number of aliphatic hydroxyl groups excluding tert-OH is 1. The van der Waals surface area contributed by atoms with E-state index in [-0.39, 0.29) is 12.4 Å². The average Bonchev–Trinajstić information content (AvgIpc) is 2.63. The molecule has 2 aromatic carbocycles. The van der Waals surface area contributed by atoms with E-state index in [4.69, 9.17) is 4.74 Å². The molecule has 0 radical (unpaired) electrons. The zero-order chi connectivity index (χ0) is 17.2. The van der Waals surface area contributed by atoms with Gasteiger partial charge in [-0.2, -0.15) is 0 Å². The van der Waals surface area contributed by atoms with Crippen molar-refractivity contribution in [3.8, 4) is 5.75 Å². The third-order valence-electron chi connectivity index (χ3n) is 3.57. The monoisotopic (exact) mass is 329 g/mol. The molecule has 2 rings (SSSR count). The van der Waals surface area contributed by atoms with Crippen LogP contribution in [0.25, 0.3) is 0 Å². The minimum Gasteiger partial charge on any atom is -0.492 e. The Morgan fingerprint density at radius 3 is 2.50 bits per heavy atom. The highest BCUT2D eigenvalue weighted by Crippen LogP contribution is 2.13. The molecule has 0 aliphatic heterocycles. The Balaban J connectivity index is 1.64. The van der Waals surface area contributed by atoms with Crippen molar-refractivity contribution in [2.24, 2.45) is 0 Å². The van der Waals surface area contributed by atoms with Crippen molar-refractivity contribution < 1.29 is 19.4 Å². The van der Waals surface area contributed by atoms with Gasteiger partial charge in [0.15, 0.2) is 0 Å². The molecule has 0 fully saturated rings. The van der Waals surface area contributed by atoms with Crippen molar-refractivity contribution in [3.05, 3.63) is 65.7 Å². The van der Waals surface area contributed by atoms with E-state index in [0.717, 1.165) is 16.9 Å². The van der Waals surface area contributed by atoms with E-state index in [0.29, 0.717) is 19.7 Å².